The van der Waals surface area contributed by atoms with Gasteiger partial charge in [-0.15, -0.1) is 0 Å². The van der Waals surface area contributed by atoms with Gasteiger partial charge < -0.3 is 15.6 Å². The van der Waals surface area contributed by atoms with Gasteiger partial charge in [0, 0.05) is 36.3 Å². The lowest BCUT2D eigenvalue weighted by Crippen LogP contribution is -2.39. The van der Waals surface area contributed by atoms with Crippen LogP contribution in [-0.2, 0) is 6.54 Å². The van der Waals surface area contributed by atoms with E-state index in [0.29, 0.717) is 28.3 Å². The third-order valence-electron chi connectivity index (χ3n) is 7.18. The highest BCUT2D eigenvalue weighted by Crippen LogP contribution is 2.46. The molecule has 1 spiro atoms. The summed E-state index contributed by atoms with van der Waals surface area (Å²) in [5, 5.41) is 12.9. The Morgan fingerprint density at radius 2 is 1.79 bits per heavy atom. The number of thioether (sulfide) groups is 1. The van der Waals surface area contributed by atoms with Gasteiger partial charge in [0.2, 0.25) is 0 Å². The van der Waals surface area contributed by atoms with Gasteiger partial charge in [0.05, 0.1) is 23.1 Å². The van der Waals surface area contributed by atoms with E-state index >= 15 is 0 Å². The zero-order chi connectivity index (χ0) is 23.4. The van der Waals surface area contributed by atoms with Gasteiger partial charge in [-0.05, 0) is 48.8 Å². The fraction of sp³-hybridized carbons (Fsp3) is 0.370. The normalized spacial score (nSPS) is 21.0. The minimum Gasteiger partial charge on any atom is -0.386 e. The molecule has 34 heavy (non-hydrogen) atoms. The lowest BCUT2D eigenvalue weighted by molar-refractivity contribution is 0.226. The summed E-state index contributed by atoms with van der Waals surface area (Å²) in [4.78, 5) is 12.6. The number of halogens is 1. The molecule has 2 N–H and O–H groups in total. The molecule has 0 bridgehead atoms. The van der Waals surface area contributed by atoms with Crippen LogP contribution in [0.15, 0.2) is 81.6 Å². The monoisotopic (exact) mass is 491 g/mol. The number of rotatable bonds is 6. The van der Waals surface area contributed by atoms with Gasteiger partial charge in [-0.1, -0.05) is 66.5 Å². The van der Waals surface area contributed by atoms with Crippen LogP contribution in [0.3, 0.4) is 0 Å². The van der Waals surface area contributed by atoms with Crippen LogP contribution in [0.4, 0.5) is 5.82 Å². The van der Waals surface area contributed by atoms with Crippen molar-refractivity contribution >= 4 is 34.9 Å². The second-order valence-corrected chi connectivity index (χ2v) is 10.8. The average Bonchev–Trinajstić information content (AvgIpc) is 3.32. The SMILES string of the molecule is N=C1C=CC(Sc2cnc(N3CCC4(CCCC4)CC3)cn2)=C(Cl)/C1=C/NCc1ccccc1. The van der Waals surface area contributed by atoms with Gasteiger partial charge in [-0.3, -0.25) is 0 Å². The molecular weight excluding hydrogens is 462 g/mol. The van der Waals surface area contributed by atoms with Crippen molar-refractivity contribution in [1.82, 2.24) is 15.3 Å². The molecule has 0 unspecified atom stereocenters. The van der Waals surface area contributed by atoms with Crippen molar-refractivity contribution < 1.29 is 0 Å². The molecule has 5 nitrogen and oxygen atoms in total. The quantitative estimate of drug-likeness (QED) is 0.486. The molecule has 0 atom stereocenters. The van der Waals surface area contributed by atoms with Crippen LogP contribution in [0.1, 0.15) is 44.1 Å². The van der Waals surface area contributed by atoms with E-state index in [-0.39, 0.29) is 0 Å². The van der Waals surface area contributed by atoms with Crippen molar-refractivity contribution in [3.8, 4) is 0 Å². The maximum Gasteiger partial charge on any atom is 0.147 e. The number of anilines is 1. The maximum atomic E-state index is 8.27. The molecule has 1 aromatic carbocycles. The van der Waals surface area contributed by atoms with Gasteiger partial charge >= 0.3 is 0 Å². The highest BCUT2D eigenvalue weighted by atomic mass is 35.5. The minimum absolute atomic E-state index is 0.390. The molecule has 176 valence electrons. The van der Waals surface area contributed by atoms with Crippen LogP contribution in [0, 0.1) is 10.8 Å². The lowest BCUT2D eigenvalue weighted by atomic mass is 9.77. The van der Waals surface area contributed by atoms with Crippen LogP contribution in [0.2, 0.25) is 0 Å². The molecule has 1 saturated carbocycles. The molecule has 1 saturated heterocycles. The fourth-order valence-electron chi connectivity index (χ4n) is 5.13. The predicted molar refractivity (Wildman–Crippen MR) is 141 cm³/mol. The second kappa shape index (κ2) is 10.4. The van der Waals surface area contributed by atoms with Crippen LogP contribution in [0.5, 0.6) is 0 Å². The Bertz CT molecular complexity index is 1110. The van der Waals surface area contributed by atoms with E-state index < -0.39 is 0 Å². The van der Waals surface area contributed by atoms with E-state index in [0.717, 1.165) is 28.8 Å². The second-order valence-electron chi connectivity index (χ2n) is 9.36. The Morgan fingerprint density at radius 1 is 1.03 bits per heavy atom. The van der Waals surface area contributed by atoms with Crippen LogP contribution in [-0.4, -0.2) is 28.8 Å². The number of piperidine rings is 1. The number of hydrogen-bond acceptors (Lipinski definition) is 6. The first-order chi connectivity index (χ1) is 16.6. The van der Waals surface area contributed by atoms with Crippen molar-refractivity contribution in [2.75, 3.05) is 18.0 Å². The highest BCUT2D eigenvalue weighted by Gasteiger charge is 2.37. The Morgan fingerprint density at radius 3 is 2.50 bits per heavy atom. The third kappa shape index (κ3) is 5.23. The maximum absolute atomic E-state index is 8.27. The molecule has 0 radical (unpaired) electrons. The summed E-state index contributed by atoms with van der Waals surface area (Å²) in [5.41, 5.74) is 2.85. The van der Waals surface area contributed by atoms with Gasteiger partial charge in [0.15, 0.2) is 0 Å². The Labute approximate surface area is 210 Å². The number of hydrogen-bond donors (Lipinski definition) is 2. The van der Waals surface area contributed by atoms with Crippen molar-refractivity contribution in [1.29, 1.82) is 5.41 Å². The molecule has 2 aliphatic carbocycles. The average molecular weight is 492 g/mol. The summed E-state index contributed by atoms with van der Waals surface area (Å²) >= 11 is 8.17. The van der Waals surface area contributed by atoms with Crippen LogP contribution < -0.4 is 10.2 Å². The molecule has 0 amide bonds. The number of allylic oxidation sites excluding steroid dienone is 4. The zero-order valence-corrected chi connectivity index (χ0v) is 20.8. The van der Waals surface area contributed by atoms with E-state index in [9.17, 15) is 0 Å². The highest BCUT2D eigenvalue weighted by molar-refractivity contribution is 8.03. The number of aromatic nitrogens is 2. The summed E-state index contributed by atoms with van der Waals surface area (Å²) < 4.78 is 0. The molecule has 1 aliphatic heterocycles. The van der Waals surface area contributed by atoms with E-state index in [1.165, 1.54) is 55.9 Å². The first-order valence-corrected chi connectivity index (χ1v) is 13.2. The summed E-state index contributed by atoms with van der Waals surface area (Å²) in [7, 11) is 0. The van der Waals surface area contributed by atoms with E-state index in [2.05, 4.69) is 27.3 Å². The van der Waals surface area contributed by atoms with Crippen molar-refractivity contribution in [2.45, 2.75) is 50.1 Å². The molecule has 5 rings (SSSR count). The smallest absolute Gasteiger partial charge is 0.147 e. The van der Waals surface area contributed by atoms with Gasteiger partial charge in [-0.2, -0.15) is 0 Å². The van der Waals surface area contributed by atoms with E-state index in [4.69, 9.17) is 22.0 Å². The lowest BCUT2D eigenvalue weighted by Gasteiger charge is -2.39. The summed E-state index contributed by atoms with van der Waals surface area (Å²) in [5.74, 6) is 0.962. The molecular formula is C27H30ClN5S. The Balaban J connectivity index is 1.22. The summed E-state index contributed by atoms with van der Waals surface area (Å²) in [6.45, 7) is 2.83. The molecule has 1 aromatic heterocycles. The van der Waals surface area contributed by atoms with E-state index in [1.54, 1.807) is 6.08 Å². The predicted octanol–water partition coefficient (Wildman–Crippen LogP) is 6.44. The molecule has 2 fully saturated rings. The summed E-state index contributed by atoms with van der Waals surface area (Å²) in [6, 6.07) is 10.2. The molecule has 3 aliphatic rings. The van der Waals surface area contributed by atoms with Crippen LogP contribution in [0.25, 0.3) is 0 Å². The first kappa shape index (κ1) is 23.2. The van der Waals surface area contributed by atoms with Crippen LogP contribution >= 0.6 is 23.4 Å². The molecule has 2 heterocycles. The van der Waals surface area contributed by atoms with Gasteiger partial charge in [-0.25, -0.2) is 9.97 Å². The number of benzene rings is 1. The fourth-order valence-corrected chi connectivity index (χ4v) is 6.24. The molecule has 2 aromatic rings. The first-order valence-electron chi connectivity index (χ1n) is 12.0. The Kier molecular flexibility index (Phi) is 7.07. The zero-order valence-electron chi connectivity index (χ0n) is 19.3. The van der Waals surface area contributed by atoms with E-state index in [1.807, 2.05) is 42.9 Å². The number of nitrogens with zero attached hydrogens (tertiary/aromatic N) is 3. The van der Waals surface area contributed by atoms with Crippen molar-refractivity contribution in [2.24, 2.45) is 5.41 Å². The third-order valence-corrected chi connectivity index (χ3v) is 8.68. The van der Waals surface area contributed by atoms with Crippen molar-refractivity contribution in [3.63, 3.8) is 0 Å². The van der Waals surface area contributed by atoms with Gasteiger partial charge in [0.25, 0.3) is 0 Å². The largest absolute Gasteiger partial charge is 0.386 e. The topological polar surface area (TPSA) is 64.9 Å². The standard InChI is InChI=1S/C27H30ClN5S/c28-26-21(17-30-16-20-6-2-1-3-7-20)22(29)8-9-23(26)34-25-19-31-24(18-32-25)33-14-12-27(13-15-33)10-4-5-11-27/h1-3,6-9,17-19,29-30H,4-5,10-16H2/b21-17+,29-22?. The Hall–Kier alpha value is -2.57. The number of nitrogens with one attached hydrogen (secondary N) is 2. The van der Waals surface area contributed by atoms with Gasteiger partial charge in [0.1, 0.15) is 10.8 Å². The molecule has 7 heteroatoms. The summed E-state index contributed by atoms with van der Waals surface area (Å²) in [6.07, 6.45) is 17.4. The minimum atomic E-state index is 0.390. The van der Waals surface area contributed by atoms with Crippen molar-refractivity contribution in [3.05, 3.63) is 82.2 Å².